The van der Waals surface area contributed by atoms with Crippen LogP contribution in [0.25, 0.3) is 0 Å². The van der Waals surface area contributed by atoms with Gasteiger partial charge in [-0.1, -0.05) is 6.07 Å². The molecule has 6 heteroatoms. The number of hydrogen-bond donors (Lipinski definition) is 1. The highest BCUT2D eigenvalue weighted by Crippen LogP contribution is 2.34. The van der Waals surface area contributed by atoms with Crippen LogP contribution in [0.2, 0.25) is 0 Å². The third kappa shape index (κ3) is 3.01. The number of anilines is 3. The Balaban J connectivity index is 2.21. The van der Waals surface area contributed by atoms with Gasteiger partial charge in [0, 0.05) is 18.6 Å². The zero-order valence-corrected chi connectivity index (χ0v) is 12.4. The largest absolute Gasteiger partial charge is 0.478 e. The normalized spacial score (nSPS) is 10.3. The Kier molecular flexibility index (Phi) is 3.97. The third-order valence-corrected chi connectivity index (χ3v) is 3.35. The number of carboxylic acid groups (broad SMARTS) is 1. The predicted molar refractivity (Wildman–Crippen MR) is 86.2 cm³/mol. The Morgan fingerprint density at radius 3 is 2.52 bits per heavy atom. The molecule has 2 aromatic heterocycles. The van der Waals surface area contributed by atoms with Crippen LogP contribution in [-0.4, -0.2) is 26.0 Å². The van der Waals surface area contributed by atoms with Gasteiger partial charge in [-0.15, -0.1) is 0 Å². The van der Waals surface area contributed by atoms with Gasteiger partial charge < -0.3 is 5.11 Å². The van der Waals surface area contributed by atoms with E-state index in [9.17, 15) is 9.90 Å². The Morgan fingerprint density at radius 1 is 1.09 bits per heavy atom. The second-order valence-electron chi connectivity index (χ2n) is 4.90. The summed E-state index contributed by atoms with van der Waals surface area (Å²) < 4.78 is 0. The van der Waals surface area contributed by atoms with Gasteiger partial charge in [0.2, 0.25) is 5.95 Å². The van der Waals surface area contributed by atoms with E-state index in [1.54, 1.807) is 54.0 Å². The fraction of sp³-hybridized carbons (Fsp3) is 0.0588. The number of pyridine rings is 1. The van der Waals surface area contributed by atoms with Gasteiger partial charge in [-0.05, 0) is 42.8 Å². The Morgan fingerprint density at radius 2 is 1.87 bits per heavy atom. The van der Waals surface area contributed by atoms with Crippen molar-refractivity contribution in [3.8, 4) is 0 Å². The SMILES string of the molecule is Cc1ccc(C(=O)O)cc1N(c1cccnc1)c1ncccn1. The Labute approximate surface area is 133 Å². The molecule has 0 aliphatic heterocycles. The van der Waals surface area contributed by atoms with E-state index in [2.05, 4.69) is 15.0 Å². The molecule has 114 valence electrons. The molecular weight excluding hydrogens is 292 g/mol. The summed E-state index contributed by atoms with van der Waals surface area (Å²) in [6, 6.07) is 10.4. The standard InChI is InChI=1S/C17H14N4O2/c1-12-5-6-13(16(22)23)10-15(12)21(14-4-2-7-18-11-14)17-19-8-3-9-20-17/h2-11H,1H3,(H,22,23). The molecule has 2 heterocycles. The number of aromatic carboxylic acids is 1. The first-order valence-electron chi connectivity index (χ1n) is 6.98. The van der Waals surface area contributed by atoms with Crippen LogP contribution >= 0.6 is 0 Å². The average Bonchev–Trinajstić information content (AvgIpc) is 2.58. The molecule has 3 aromatic rings. The fourth-order valence-corrected chi connectivity index (χ4v) is 2.24. The number of aryl methyl sites for hydroxylation is 1. The van der Waals surface area contributed by atoms with Crippen molar-refractivity contribution in [2.75, 3.05) is 4.90 Å². The Bertz CT molecular complexity index is 783. The van der Waals surface area contributed by atoms with Gasteiger partial charge in [0.15, 0.2) is 0 Å². The number of carboxylic acids is 1. The summed E-state index contributed by atoms with van der Waals surface area (Å²) in [5.41, 5.74) is 2.56. The molecule has 0 aliphatic rings. The number of hydrogen-bond acceptors (Lipinski definition) is 5. The minimum atomic E-state index is -0.980. The third-order valence-electron chi connectivity index (χ3n) is 3.35. The van der Waals surface area contributed by atoms with Crippen molar-refractivity contribution >= 4 is 23.3 Å². The lowest BCUT2D eigenvalue weighted by Gasteiger charge is -2.24. The van der Waals surface area contributed by atoms with Crippen molar-refractivity contribution in [1.29, 1.82) is 0 Å². The summed E-state index contributed by atoms with van der Waals surface area (Å²) in [6.45, 7) is 1.91. The first-order valence-corrected chi connectivity index (χ1v) is 6.98. The maximum atomic E-state index is 11.3. The van der Waals surface area contributed by atoms with E-state index in [-0.39, 0.29) is 5.56 Å². The molecule has 6 nitrogen and oxygen atoms in total. The monoisotopic (exact) mass is 306 g/mol. The highest BCUT2D eigenvalue weighted by atomic mass is 16.4. The summed E-state index contributed by atoms with van der Waals surface area (Å²) in [5, 5.41) is 9.26. The molecule has 0 fully saturated rings. The summed E-state index contributed by atoms with van der Waals surface area (Å²) in [4.78, 5) is 25.8. The van der Waals surface area contributed by atoms with E-state index in [1.165, 1.54) is 0 Å². The van der Waals surface area contributed by atoms with Crippen molar-refractivity contribution in [3.05, 3.63) is 72.3 Å². The van der Waals surface area contributed by atoms with Gasteiger partial charge >= 0.3 is 5.97 Å². The van der Waals surface area contributed by atoms with Gasteiger partial charge in [-0.25, -0.2) is 14.8 Å². The lowest BCUT2D eigenvalue weighted by Crippen LogP contribution is -2.15. The molecule has 3 rings (SSSR count). The summed E-state index contributed by atoms with van der Waals surface area (Å²) in [6.07, 6.45) is 6.64. The molecule has 0 saturated carbocycles. The molecule has 0 bridgehead atoms. The first kappa shape index (κ1) is 14.6. The van der Waals surface area contributed by atoms with Gasteiger partial charge in [-0.3, -0.25) is 9.88 Å². The van der Waals surface area contributed by atoms with Gasteiger partial charge in [0.05, 0.1) is 23.1 Å². The van der Waals surface area contributed by atoms with Crippen LogP contribution < -0.4 is 4.90 Å². The molecule has 0 aliphatic carbocycles. The van der Waals surface area contributed by atoms with Crippen LogP contribution in [0.5, 0.6) is 0 Å². The minimum absolute atomic E-state index is 0.204. The number of aromatic nitrogens is 3. The van der Waals surface area contributed by atoms with Crippen LogP contribution in [0.1, 0.15) is 15.9 Å². The lowest BCUT2D eigenvalue weighted by molar-refractivity contribution is 0.0697. The minimum Gasteiger partial charge on any atom is -0.478 e. The summed E-state index contributed by atoms with van der Waals surface area (Å²) in [5.74, 6) is -0.530. The highest BCUT2D eigenvalue weighted by molar-refractivity contribution is 5.90. The molecular formula is C17H14N4O2. The molecule has 1 aromatic carbocycles. The van der Waals surface area contributed by atoms with E-state index >= 15 is 0 Å². The number of benzene rings is 1. The summed E-state index contributed by atoms with van der Waals surface area (Å²) in [7, 11) is 0. The van der Waals surface area contributed by atoms with Crippen molar-refractivity contribution in [2.24, 2.45) is 0 Å². The van der Waals surface area contributed by atoms with Crippen LogP contribution in [0.15, 0.2) is 61.2 Å². The maximum absolute atomic E-state index is 11.3. The zero-order chi connectivity index (χ0) is 16.2. The van der Waals surface area contributed by atoms with E-state index in [0.29, 0.717) is 11.6 Å². The smallest absolute Gasteiger partial charge is 0.335 e. The number of carbonyl (C=O) groups is 1. The van der Waals surface area contributed by atoms with E-state index < -0.39 is 5.97 Å². The molecule has 23 heavy (non-hydrogen) atoms. The topological polar surface area (TPSA) is 79.2 Å². The first-order chi connectivity index (χ1) is 11.2. The van der Waals surface area contributed by atoms with Gasteiger partial charge in [-0.2, -0.15) is 0 Å². The maximum Gasteiger partial charge on any atom is 0.335 e. The molecule has 0 amide bonds. The van der Waals surface area contributed by atoms with E-state index in [4.69, 9.17) is 0 Å². The van der Waals surface area contributed by atoms with Crippen molar-refractivity contribution in [3.63, 3.8) is 0 Å². The summed E-state index contributed by atoms with van der Waals surface area (Å²) >= 11 is 0. The molecule has 0 unspecified atom stereocenters. The highest BCUT2D eigenvalue weighted by Gasteiger charge is 2.18. The second-order valence-corrected chi connectivity index (χ2v) is 4.90. The zero-order valence-electron chi connectivity index (χ0n) is 12.4. The number of rotatable bonds is 4. The van der Waals surface area contributed by atoms with Crippen molar-refractivity contribution in [1.82, 2.24) is 15.0 Å². The lowest BCUT2D eigenvalue weighted by atomic mass is 10.1. The molecule has 0 atom stereocenters. The van der Waals surface area contributed by atoms with Gasteiger partial charge in [0.25, 0.3) is 0 Å². The van der Waals surface area contributed by atoms with Crippen LogP contribution in [0, 0.1) is 6.92 Å². The average molecular weight is 306 g/mol. The molecule has 0 radical (unpaired) electrons. The molecule has 0 spiro atoms. The van der Waals surface area contributed by atoms with Crippen LogP contribution in [-0.2, 0) is 0 Å². The van der Waals surface area contributed by atoms with Gasteiger partial charge in [0.1, 0.15) is 0 Å². The predicted octanol–water partition coefficient (Wildman–Crippen LogP) is 3.35. The van der Waals surface area contributed by atoms with E-state index in [0.717, 1.165) is 11.3 Å². The Hall–Kier alpha value is -3.28. The van der Waals surface area contributed by atoms with Crippen LogP contribution in [0.3, 0.4) is 0 Å². The molecule has 0 saturated heterocycles. The quantitative estimate of drug-likeness (QED) is 0.796. The van der Waals surface area contributed by atoms with Crippen molar-refractivity contribution in [2.45, 2.75) is 6.92 Å². The van der Waals surface area contributed by atoms with E-state index in [1.807, 2.05) is 19.1 Å². The number of nitrogens with zero attached hydrogens (tertiary/aromatic N) is 4. The fourth-order valence-electron chi connectivity index (χ4n) is 2.24. The molecule has 1 N–H and O–H groups in total. The van der Waals surface area contributed by atoms with Crippen LogP contribution in [0.4, 0.5) is 17.3 Å². The van der Waals surface area contributed by atoms with Crippen molar-refractivity contribution < 1.29 is 9.90 Å². The second kappa shape index (κ2) is 6.23.